The van der Waals surface area contributed by atoms with Crippen molar-refractivity contribution < 1.29 is 19.6 Å². The van der Waals surface area contributed by atoms with Gasteiger partial charge in [0.1, 0.15) is 6.04 Å². The summed E-state index contributed by atoms with van der Waals surface area (Å²) in [6.07, 6.45) is 1.30. The van der Waals surface area contributed by atoms with E-state index in [1.54, 1.807) is 36.4 Å². The van der Waals surface area contributed by atoms with E-state index in [0.29, 0.717) is 25.1 Å². The second-order valence-corrected chi connectivity index (χ2v) is 10.2. The predicted octanol–water partition coefficient (Wildman–Crippen LogP) is 3.96. The molecule has 4 amide bonds. The monoisotopic (exact) mass is 515 g/mol. The lowest BCUT2D eigenvalue weighted by molar-refractivity contribution is -0.128. The number of hydroxylamine groups is 1. The van der Waals surface area contributed by atoms with E-state index in [1.165, 1.54) is 0 Å². The number of rotatable bonds is 7. The molecule has 0 saturated heterocycles. The molecule has 1 aliphatic rings. The molecule has 1 heterocycles. The van der Waals surface area contributed by atoms with Crippen LogP contribution >= 0.6 is 0 Å². The van der Waals surface area contributed by atoms with Crippen LogP contribution in [0.1, 0.15) is 37.8 Å². The fraction of sp³-hybridized carbons (Fsp3) is 0.276. The molecule has 1 aliphatic heterocycles. The third kappa shape index (κ3) is 6.56. The average Bonchev–Trinajstić information content (AvgIpc) is 3.01. The Labute approximate surface area is 222 Å². The van der Waals surface area contributed by atoms with Crippen molar-refractivity contribution >= 4 is 29.2 Å². The van der Waals surface area contributed by atoms with Crippen molar-refractivity contribution in [3.8, 4) is 11.1 Å². The van der Waals surface area contributed by atoms with Gasteiger partial charge in [0.25, 0.3) is 0 Å². The van der Waals surface area contributed by atoms with Gasteiger partial charge >= 0.3 is 6.03 Å². The molecule has 9 heteroatoms. The molecule has 0 radical (unpaired) electrons. The molecular formula is C29H33N5O4. The summed E-state index contributed by atoms with van der Waals surface area (Å²) in [6.45, 7) is 3.89. The highest BCUT2D eigenvalue weighted by Gasteiger charge is 2.32. The van der Waals surface area contributed by atoms with Crippen LogP contribution in [0, 0.1) is 0 Å². The van der Waals surface area contributed by atoms with Gasteiger partial charge in [0.15, 0.2) is 0 Å². The summed E-state index contributed by atoms with van der Waals surface area (Å²) >= 11 is 0. The third-order valence-corrected chi connectivity index (χ3v) is 6.38. The summed E-state index contributed by atoms with van der Waals surface area (Å²) < 4.78 is 0. The quantitative estimate of drug-likeness (QED) is 0.240. The third-order valence-electron chi connectivity index (χ3n) is 6.38. The molecule has 0 saturated carbocycles. The normalized spacial score (nSPS) is 15.3. The first-order valence-electron chi connectivity index (χ1n) is 12.5. The Hall–Kier alpha value is -4.21. The molecule has 1 atom stereocenters. The summed E-state index contributed by atoms with van der Waals surface area (Å²) in [4.78, 5) is 39.6. The fourth-order valence-electron chi connectivity index (χ4n) is 4.64. The van der Waals surface area contributed by atoms with E-state index in [0.717, 1.165) is 27.9 Å². The molecule has 0 unspecified atom stereocenters. The van der Waals surface area contributed by atoms with Crippen molar-refractivity contribution in [3.63, 3.8) is 0 Å². The summed E-state index contributed by atoms with van der Waals surface area (Å²) in [5.41, 5.74) is 11.9. The number of benzene rings is 3. The number of aryl methyl sites for hydroxylation is 1. The maximum Gasteiger partial charge on any atom is 0.342 e. The number of nitrogens with zero attached hydrogens (tertiary/aromatic N) is 1. The molecule has 4 rings (SSSR count). The summed E-state index contributed by atoms with van der Waals surface area (Å²) in [6, 6.07) is 21.4. The maximum absolute atomic E-state index is 13.7. The molecule has 9 nitrogen and oxygen atoms in total. The molecule has 38 heavy (non-hydrogen) atoms. The smallest absolute Gasteiger partial charge is 0.342 e. The Morgan fingerprint density at radius 1 is 1.03 bits per heavy atom. The second kappa shape index (κ2) is 11.5. The number of para-hydroxylation sites is 2. The predicted molar refractivity (Wildman–Crippen MR) is 147 cm³/mol. The maximum atomic E-state index is 13.7. The van der Waals surface area contributed by atoms with Crippen LogP contribution in [0.2, 0.25) is 0 Å². The van der Waals surface area contributed by atoms with Gasteiger partial charge in [-0.25, -0.2) is 10.3 Å². The van der Waals surface area contributed by atoms with E-state index in [-0.39, 0.29) is 18.2 Å². The van der Waals surface area contributed by atoms with Gasteiger partial charge in [-0.2, -0.15) is 0 Å². The number of fused-ring (bicyclic) bond motifs is 1. The number of hydrogen-bond acceptors (Lipinski definition) is 5. The van der Waals surface area contributed by atoms with Crippen LogP contribution in [0.25, 0.3) is 11.1 Å². The summed E-state index contributed by atoms with van der Waals surface area (Å²) in [5.74, 6) is -0.403. The van der Waals surface area contributed by atoms with Crippen LogP contribution in [0.3, 0.4) is 0 Å². The van der Waals surface area contributed by atoms with Crippen molar-refractivity contribution in [1.82, 2.24) is 10.8 Å². The Morgan fingerprint density at radius 2 is 1.71 bits per heavy atom. The van der Waals surface area contributed by atoms with Crippen LogP contribution in [0.4, 0.5) is 16.2 Å². The van der Waals surface area contributed by atoms with Gasteiger partial charge in [0.05, 0.1) is 12.2 Å². The van der Waals surface area contributed by atoms with E-state index in [9.17, 15) is 14.4 Å². The average molecular weight is 516 g/mol. The molecule has 0 bridgehead atoms. The van der Waals surface area contributed by atoms with Crippen molar-refractivity contribution in [1.29, 1.82) is 0 Å². The molecule has 0 fully saturated rings. The zero-order valence-corrected chi connectivity index (χ0v) is 21.5. The van der Waals surface area contributed by atoms with E-state index >= 15 is 0 Å². The van der Waals surface area contributed by atoms with Crippen LogP contribution in [0.15, 0.2) is 72.8 Å². The fourth-order valence-corrected chi connectivity index (χ4v) is 4.64. The highest BCUT2D eigenvalue weighted by atomic mass is 16.5. The van der Waals surface area contributed by atoms with Gasteiger partial charge in [-0.05, 0) is 55.5 Å². The number of carbonyl (C=O) groups is 3. The second-order valence-electron chi connectivity index (χ2n) is 10.2. The molecule has 6 N–H and O–H groups in total. The lowest BCUT2D eigenvalue weighted by Crippen LogP contribution is -2.49. The minimum atomic E-state index is -0.732. The largest absolute Gasteiger partial charge is 0.344 e. The van der Waals surface area contributed by atoms with Gasteiger partial charge in [0, 0.05) is 23.2 Å². The number of amides is 4. The van der Waals surface area contributed by atoms with E-state index in [1.807, 2.05) is 60.7 Å². The zero-order chi connectivity index (χ0) is 27.3. The van der Waals surface area contributed by atoms with Gasteiger partial charge in [-0.15, -0.1) is 0 Å². The highest BCUT2D eigenvalue weighted by Crippen LogP contribution is 2.31. The van der Waals surface area contributed by atoms with Crippen molar-refractivity contribution in [3.05, 3.63) is 83.9 Å². The van der Waals surface area contributed by atoms with Crippen molar-refractivity contribution in [2.45, 2.75) is 51.2 Å². The first-order valence-corrected chi connectivity index (χ1v) is 12.5. The van der Waals surface area contributed by atoms with Crippen molar-refractivity contribution in [2.24, 2.45) is 5.73 Å². The molecule has 0 aliphatic carbocycles. The van der Waals surface area contributed by atoms with E-state index in [2.05, 4.69) is 10.6 Å². The minimum Gasteiger partial charge on any atom is -0.344 e. The topological polar surface area (TPSA) is 137 Å². The van der Waals surface area contributed by atoms with E-state index < -0.39 is 17.6 Å². The molecule has 0 aromatic heterocycles. The van der Waals surface area contributed by atoms with Gasteiger partial charge in [-0.3, -0.25) is 14.8 Å². The standard InChI is InChI=1S/C29H33N5O4/c1-29(2,30)17-26(35)31-24-16-15-21-7-3-6-10-25(21)34(27(24)36)18-19-11-13-20(14-12-19)22-8-4-5-9-23(22)32-28(37)33-38/h3-14,24,38H,15-18,30H2,1-2H3,(H,31,35)(H2,32,33,37)/t24-/m1/s1. The molecule has 3 aromatic rings. The zero-order valence-electron chi connectivity index (χ0n) is 21.5. The molecule has 3 aromatic carbocycles. The minimum absolute atomic E-state index is 0.126. The Morgan fingerprint density at radius 3 is 2.42 bits per heavy atom. The Bertz CT molecular complexity index is 1320. The molecule has 198 valence electrons. The number of nitrogens with two attached hydrogens (primary N) is 1. The first-order chi connectivity index (χ1) is 18.1. The Kier molecular flexibility index (Phi) is 8.09. The van der Waals surface area contributed by atoms with E-state index in [4.69, 9.17) is 10.9 Å². The van der Waals surface area contributed by atoms with Crippen LogP contribution in [-0.4, -0.2) is 34.6 Å². The highest BCUT2D eigenvalue weighted by molar-refractivity contribution is 6.00. The number of anilines is 2. The lowest BCUT2D eigenvalue weighted by Gasteiger charge is -2.27. The number of urea groups is 1. The number of nitrogens with one attached hydrogen (secondary N) is 3. The number of carbonyl (C=O) groups excluding carboxylic acids is 3. The van der Waals surface area contributed by atoms with Crippen LogP contribution in [-0.2, 0) is 22.6 Å². The van der Waals surface area contributed by atoms with Crippen LogP contribution < -0.4 is 26.7 Å². The SMILES string of the molecule is CC(C)(N)CC(=O)N[C@@H]1CCc2ccccc2N(Cc2ccc(-c3ccccc3NC(=O)NO)cc2)C1=O. The van der Waals surface area contributed by atoms with Crippen LogP contribution in [0.5, 0.6) is 0 Å². The molecular weight excluding hydrogens is 482 g/mol. The summed E-state index contributed by atoms with van der Waals surface area (Å²) in [5, 5.41) is 14.4. The van der Waals surface area contributed by atoms with Gasteiger partial charge < -0.3 is 21.3 Å². The molecule has 0 spiro atoms. The summed E-state index contributed by atoms with van der Waals surface area (Å²) in [7, 11) is 0. The lowest BCUT2D eigenvalue weighted by atomic mass is 10.0. The van der Waals surface area contributed by atoms with Gasteiger partial charge in [0.2, 0.25) is 11.8 Å². The van der Waals surface area contributed by atoms with Gasteiger partial charge in [-0.1, -0.05) is 60.7 Å². The Balaban J connectivity index is 1.57. The first kappa shape index (κ1) is 26.8. The number of hydrogen-bond donors (Lipinski definition) is 5. The van der Waals surface area contributed by atoms with Crippen molar-refractivity contribution in [2.75, 3.05) is 10.2 Å².